The fraction of sp³-hybridized carbons (Fsp3) is 0.348. The van der Waals surface area contributed by atoms with E-state index in [9.17, 15) is 13.6 Å². The Bertz CT molecular complexity index is 1100. The molecule has 4 unspecified atom stereocenters. The number of amidine groups is 1. The van der Waals surface area contributed by atoms with E-state index in [2.05, 4.69) is 15.4 Å². The molecule has 33 heavy (non-hydrogen) atoms. The minimum Gasteiger partial charge on any atom is -0.373 e. The molecule has 2 aliphatic heterocycles. The normalized spacial score (nSPS) is 25.7. The van der Waals surface area contributed by atoms with Gasteiger partial charge in [0.25, 0.3) is 5.91 Å². The van der Waals surface area contributed by atoms with Crippen LogP contribution < -0.4 is 5.32 Å². The summed E-state index contributed by atoms with van der Waals surface area (Å²) in [6, 6.07) is 11.6. The second kappa shape index (κ2) is 9.88. The number of fused-ring (bicyclic) bond motifs is 1. The number of carbonyl (C=O) groups is 1. The highest BCUT2D eigenvalue weighted by atomic mass is 32.2. The Hall–Kier alpha value is -2.98. The predicted molar refractivity (Wildman–Crippen MR) is 123 cm³/mol. The molecule has 2 aliphatic rings. The molecule has 10 heteroatoms. The number of nitrogens with zero attached hydrogens (tertiary/aromatic N) is 3. The largest absolute Gasteiger partial charge is 0.373 e. The quantitative estimate of drug-likeness (QED) is 0.505. The third-order valence-electron chi connectivity index (χ3n) is 5.92. The van der Waals surface area contributed by atoms with Crippen LogP contribution in [-0.2, 0) is 10.3 Å². The van der Waals surface area contributed by atoms with Crippen molar-refractivity contribution in [3.8, 4) is 0 Å². The molecule has 1 saturated heterocycles. The summed E-state index contributed by atoms with van der Waals surface area (Å²) in [5, 5.41) is 6.77. The molecule has 0 saturated carbocycles. The molecule has 0 aliphatic carbocycles. The Labute approximate surface area is 194 Å². The average Bonchev–Trinajstić information content (AvgIpc) is 2.82. The van der Waals surface area contributed by atoms with Gasteiger partial charge in [0.2, 0.25) is 0 Å². The molecule has 0 radical (unpaired) electrons. The van der Waals surface area contributed by atoms with E-state index in [0.717, 1.165) is 6.07 Å². The topological polar surface area (TPSA) is 99.3 Å². The van der Waals surface area contributed by atoms with Gasteiger partial charge in [-0.25, -0.2) is 19.3 Å². The smallest absolute Gasteiger partial charge is 0.257 e. The van der Waals surface area contributed by atoms with Crippen LogP contribution in [-0.4, -0.2) is 48.8 Å². The molecule has 0 spiro atoms. The molecule has 2 N–H and O–H groups in total. The van der Waals surface area contributed by atoms with Crippen LogP contribution in [0.25, 0.3) is 0 Å². The molecule has 0 bridgehead atoms. The van der Waals surface area contributed by atoms with Crippen LogP contribution in [0.15, 0.2) is 63.6 Å². The Morgan fingerprint density at radius 1 is 1.33 bits per heavy atom. The van der Waals surface area contributed by atoms with Gasteiger partial charge in [0.1, 0.15) is 23.2 Å². The lowest BCUT2D eigenvalue weighted by atomic mass is 9.74. The van der Waals surface area contributed by atoms with E-state index in [0.29, 0.717) is 22.9 Å². The van der Waals surface area contributed by atoms with Crippen LogP contribution in [0.1, 0.15) is 22.3 Å². The maximum absolute atomic E-state index is 15.0. The van der Waals surface area contributed by atoms with E-state index in [4.69, 9.17) is 15.3 Å². The van der Waals surface area contributed by atoms with Gasteiger partial charge in [0.05, 0.1) is 12.7 Å². The molecular formula is C23H23F2N5O2S. The van der Waals surface area contributed by atoms with Gasteiger partial charge in [0, 0.05) is 42.1 Å². The number of rotatable bonds is 5. The van der Waals surface area contributed by atoms with E-state index >= 15 is 0 Å². The molecule has 1 amide bonds. The first-order chi connectivity index (χ1) is 16.0. The monoisotopic (exact) mass is 471 g/mol. The van der Waals surface area contributed by atoms with Crippen molar-refractivity contribution in [1.29, 1.82) is 5.53 Å². The summed E-state index contributed by atoms with van der Waals surface area (Å²) in [6.45, 7) is -0.000270. The molecule has 2 heterocycles. The molecule has 2 aromatic carbocycles. The van der Waals surface area contributed by atoms with Crippen LogP contribution in [0.4, 0.5) is 8.78 Å². The van der Waals surface area contributed by atoms with Crippen molar-refractivity contribution in [3.63, 3.8) is 0 Å². The van der Waals surface area contributed by atoms with Gasteiger partial charge < -0.3 is 10.1 Å². The SMILES string of the molecule is CN=CC(N=N)C1CC2CSC(NC(=O)c3ccccc3)=NC2(c2ccc(F)cc2F)CO1. The van der Waals surface area contributed by atoms with Crippen LogP contribution in [0.2, 0.25) is 0 Å². The van der Waals surface area contributed by atoms with Crippen molar-refractivity contribution >= 4 is 29.1 Å². The highest BCUT2D eigenvalue weighted by Gasteiger charge is 2.50. The number of hydrogen-bond donors (Lipinski definition) is 2. The van der Waals surface area contributed by atoms with Gasteiger partial charge in [-0.3, -0.25) is 9.79 Å². The van der Waals surface area contributed by atoms with Crippen molar-refractivity contribution in [2.75, 3.05) is 19.4 Å². The third kappa shape index (κ3) is 4.72. The average molecular weight is 472 g/mol. The summed E-state index contributed by atoms with van der Waals surface area (Å²) in [5.74, 6) is -1.38. The van der Waals surface area contributed by atoms with Gasteiger partial charge >= 0.3 is 0 Å². The van der Waals surface area contributed by atoms with Gasteiger partial charge in [-0.15, -0.1) is 0 Å². The van der Waals surface area contributed by atoms with Crippen LogP contribution in [0.5, 0.6) is 0 Å². The molecule has 4 atom stereocenters. The molecule has 1 fully saturated rings. The first-order valence-corrected chi connectivity index (χ1v) is 11.4. The van der Waals surface area contributed by atoms with Crippen LogP contribution in [0.3, 0.4) is 0 Å². The predicted octanol–water partition coefficient (Wildman–Crippen LogP) is 4.20. The summed E-state index contributed by atoms with van der Waals surface area (Å²) < 4.78 is 34.7. The zero-order chi connectivity index (χ0) is 23.4. The molecule has 7 nitrogen and oxygen atoms in total. The minimum absolute atomic E-state index is 0.000270. The Morgan fingerprint density at radius 2 is 2.12 bits per heavy atom. The Morgan fingerprint density at radius 3 is 2.82 bits per heavy atom. The van der Waals surface area contributed by atoms with Crippen molar-refractivity contribution in [2.45, 2.75) is 24.1 Å². The lowest BCUT2D eigenvalue weighted by Crippen LogP contribution is -2.53. The summed E-state index contributed by atoms with van der Waals surface area (Å²) in [5.41, 5.74) is 7.01. The first-order valence-electron chi connectivity index (χ1n) is 10.4. The van der Waals surface area contributed by atoms with E-state index in [1.807, 2.05) is 6.07 Å². The van der Waals surface area contributed by atoms with Crippen molar-refractivity contribution in [2.24, 2.45) is 21.0 Å². The number of amides is 1. The number of aliphatic imine (C=N–C) groups is 2. The second-order valence-corrected chi connectivity index (χ2v) is 8.91. The number of hydrogen-bond acceptors (Lipinski definition) is 7. The minimum atomic E-state index is -1.14. The zero-order valence-electron chi connectivity index (χ0n) is 17.9. The molecule has 2 aromatic rings. The maximum atomic E-state index is 15.0. The number of thioether (sulfide) groups is 1. The van der Waals surface area contributed by atoms with Crippen LogP contribution >= 0.6 is 11.8 Å². The van der Waals surface area contributed by atoms with Gasteiger partial charge in [-0.05, 0) is 24.6 Å². The van der Waals surface area contributed by atoms with Crippen molar-refractivity contribution in [3.05, 3.63) is 71.3 Å². The second-order valence-electron chi connectivity index (χ2n) is 7.91. The molecule has 172 valence electrons. The zero-order valence-corrected chi connectivity index (χ0v) is 18.7. The van der Waals surface area contributed by atoms with Gasteiger partial charge in [-0.1, -0.05) is 36.0 Å². The lowest BCUT2D eigenvalue weighted by Gasteiger charge is -2.47. The summed E-state index contributed by atoms with van der Waals surface area (Å²) in [4.78, 5) is 21.4. The van der Waals surface area contributed by atoms with Crippen LogP contribution in [0, 0.1) is 23.1 Å². The first kappa shape index (κ1) is 23.2. The Balaban J connectivity index is 1.69. The summed E-state index contributed by atoms with van der Waals surface area (Å²) in [7, 11) is 1.60. The van der Waals surface area contributed by atoms with Gasteiger partial charge in [0.15, 0.2) is 5.17 Å². The van der Waals surface area contributed by atoms with Gasteiger partial charge in [-0.2, -0.15) is 5.11 Å². The molecular weight excluding hydrogens is 448 g/mol. The highest BCUT2D eigenvalue weighted by molar-refractivity contribution is 8.13. The fourth-order valence-electron chi connectivity index (χ4n) is 4.24. The Kier molecular flexibility index (Phi) is 6.94. The van der Waals surface area contributed by atoms with E-state index in [1.165, 1.54) is 23.9 Å². The highest BCUT2D eigenvalue weighted by Crippen LogP contribution is 2.47. The number of halogens is 2. The number of nitrogens with one attached hydrogen (secondary N) is 2. The standard InChI is InChI=1S/C23H23F2N5O2S/c1-27-11-19(30-26)20-9-15-12-33-22(28-21(31)14-5-3-2-4-6-14)29-23(15,13-32-20)17-8-7-16(24)10-18(17)25/h2-8,10-11,15,19-20,26H,9,12-13H2,1H3,(H,28,29,31). The van der Waals surface area contributed by atoms with E-state index in [1.54, 1.807) is 37.5 Å². The molecule has 0 aromatic heterocycles. The van der Waals surface area contributed by atoms with E-state index < -0.39 is 29.3 Å². The lowest BCUT2D eigenvalue weighted by molar-refractivity contribution is -0.0592. The van der Waals surface area contributed by atoms with Crippen molar-refractivity contribution in [1.82, 2.24) is 5.32 Å². The maximum Gasteiger partial charge on any atom is 0.257 e. The summed E-state index contributed by atoms with van der Waals surface area (Å²) >= 11 is 1.36. The fourth-order valence-corrected chi connectivity index (χ4v) is 5.41. The number of ether oxygens (including phenoxy) is 1. The molecule has 4 rings (SSSR count). The number of benzene rings is 2. The third-order valence-corrected chi connectivity index (χ3v) is 6.95. The summed E-state index contributed by atoms with van der Waals surface area (Å²) in [6.07, 6.45) is 1.59. The van der Waals surface area contributed by atoms with Crippen molar-refractivity contribution < 1.29 is 18.3 Å². The number of carbonyl (C=O) groups excluding carboxylic acids is 1. The van der Waals surface area contributed by atoms with E-state index in [-0.39, 0.29) is 24.0 Å².